The van der Waals surface area contributed by atoms with E-state index >= 15 is 0 Å². The van der Waals surface area contributed by atoms with E-state index in [1.54, 1.807) is 0 Å². The van der Waals surface area contributed by atoms with E-state index in [-0.39, 0.29) is 0 Å². The van der Waals surface area contributed by atoms with Crippen molar-refractivity contribution in [1.29, 1.82) is 0 Å². The molecule has 5 heteroatoms. The van der Waals surface area contributed by atoms with Crippen molar-refractivity contribution >= 4 is 22.4 Å². The average Bonchev–Trinajstić information content (AvgIpc) is 3.29. The molecule has 0 aliphatic rings. The summed E-state index contributed by atoms with van der Waals surface area (Å²) < 4.78 is 0. The lowest BCUT2D eigenvalue weighted by molar-refractivity contribution is 0.881. The molecule has 0 aliphatic heterocycles. The van der Waals surface area contributed by atoms with Crippen LogP contribution in [0.4, 0.5) is 0 Å². The molecule has 0 spiro atoms. The molecule has 140 valence electrons. The van der Waals surface area contributed by atoms with Gasteiger partial charge in [0.15, 0.2) is 5.82 Å². The zero-order valence-electron chi connectivity index (χ0n) is 15.7. The molecule has 0 radical (unpaired) electrons. The number of benzene rings is 4. The summed E-state index contributed by atoms with van der Waals surface area (Å²) in [5, 5.41) is 17.7. The zero-order valence-corrected chi connectivity index (χ0v) is 16.5. The van der Waals surface area contributed by atoms with Crippen molar-refractivity contribution in [3.05, 3.63) is 89.4 Å². The van der Waals surface area contributed by atoms with Crippen LogP contribution in [0.3, 0.4) is 0 Å². The van der Waals surface area contributed by atoms with E-state index in [2.05, 4.69) is 82.1 Å². The Morgan fingerprint density at radius 1 is 0.724 bits per heavy atom. The monoisotopic (exact) mass is 396 g/mol. The molecule has 0 saturated carbocycles. The van der Waals surface area contributed by atoms with E-state index in [1.807, 2.05) is 24.3 Å². The molecule has 1 aromatic heterocycles. The van der Waals surface area contributed by atoms with Gasteiger partial charge < -0.3 is 0 Å². The highest BCUT2D eigenvalue weighted by Gasteiger charge is 2.12. The maximum Gasteiger partial charge on any atom is 0.179 e. The second-order valence-corrected chi connectivity index (χ2v) is 7.47. The number of nitrogens with zero attached hydrogens (tertiary/aromatic N) is 3. The Bertz CT molecular complexity index is 1310. The number of fused-ring (bicyclic) bond motifs is 1. The lowest BCUT2D eigenvalue weighted by Gasteiger charge is -2.13. The van der Waals surface area contributed by atoms with Crippen LogP contribution in [0.2, 0.25) is 5.02 Å². The third kappa shape index (κ3) is 3.28. The van der Waals surface area contributed by atoms with E-state index in [1.165, 1.54) is 21.9 Å². The van der Waals surface area contributed by atoms with E-state index in [0.717, 1.165) is 22.3 Å². The van der Waals surface area contributed by atoms with Crippen LogP contribution in [0.25, 0.3) is 44.4 Å². The van der Waals surface area contributed by atoms with Crippen molar-refractivity contribution in [3.8, 4) is 33.6 Å². The number of halogens is 1. The second kappa shape index (κ2) is 7.15. The average molecular weight is 397 g/mol. The normalized spacial score (nSPS) is 11.1. The van der Waals surface area contributed by atoms with Crippen LogP contribution in [-0.2, 0) is 0 Å². The summed E-state index contributed by atoms with van der Waals surface area (Å²) in [6, 6.07) is 27.1. The summed E-state index contributed by atoms with van der Waals surface area (Å²) in [6.45, 7) is 2.14. The lowest BCUT2D eigenvalue weighted by Crippen LogP contribution is -1.89. The minimum absolute atomic E-state index is 0.637. The van der Waals surface area contributed by atoms with Gasteiger partial charge in [0.1, 0.15) is 0 Å². The van der Waals surface area contributed by atoms with Crippen molar-refractivity contribution in [2.45, 2.75) is 6.92 Å². The van der Waals surface area contributed by atoms with Crippen LogP contribution in [-0.4, -0.2) is 20.6 Å². The van der Waals surface area contributed by atoms with Gasteiger partial charge in [0.05, 0.1) is 0 Å². The van der Waals surface area contributed by atoms with Gasteiger partial charge in [-0.2, -0.15) is 0 Å². The predicted molar refractivity (Wildman–Crippen MR) is 118 cm³/mol. The molecule has 29 heavy (non-hydrogen) atoms. The van der Waals surface area contributed by atoms with Gasteiger partial charge in [-0.25, -0.2) is 5.10 Å². The summed E-state index contributed by atoms with van der Waals surface area (Å²) in [7, 11) is 0. The Labute approximate surface area is 173 Å². The first-order valence-corrected chi connectivity index (χ1v) is 9.71. The highest BCUT2D eigenvalue weighted by molar-refractivity contribution is 6.30. The van der Waals surface area contributed by atoms with Gasteiger partial charge in [0.25, 0.3) is 0 Å². The summed E-state index contributed by atoms with van der Waals surface area (Å²) in [4.78, 5) is 0. The molecule has 0 atom stereocenters. The number of hydrogen-bond donors (Lipinski definition) is 1. The van der Waals surface area contributed by atoms with Crippen molar-refractivity contribution in [2.75, 3.05) is 0 Å². The quantitative estimate of drug-likeness (QED) is 0.388. The first-order chi connectivity index (χ1) is 14.2. The van der Waals surface area contributed by atoms with Crippen LogP contribution in [0.1, 0.15) is 5.56 Å². The molecule has 0 saturated heterocycles. The number of aryl methyl sites for hydroxylation is 1. The third-order valence-electron chi connectivity index (χ3n) is 5.18. The summed E-state index contributed by atoms with van der Waals surface area (Å²) in [5.74, 6) is 0.637. The molecule has 1 N–H and O–H groups in total. The molecule has 0 aliphatic carbocycles. The Morgan fingerprint density at radius 3 is 2.21 bits per heavy atom. The molecule has 5 rings (SSSR count). The van der Waals surface area contributed by atoms with Crippen LogP contribution in [0, 0.1) is 6.92 Å². The maximum atomic E-state index is 6.09. The maximum absolute atomic E-state index is 6.09. The van der Waals surface area contributed by atoms with Gasteiger partial charge in [-0.3, -0.25) is 0 Å². The van der Waals surface area contributed by atoms with Gasteiger partial charge >= 0.3 is 0 Å². The number of nitrogens with one attached hydrogen (secondary N) is 1. The molecule has 4 aromatic carbocycles. The Hall–Kier alpha value is -3.50. The number of aromatic amines is 1. The van der Waals surface area contributed by atoms with E-state index in [0.29, 0.717) is 10.8 Å². The highest BCUT2D eigenvalue weighted by atomic mass is 35.5. The topological polar surface area (TPSA) is 54.5 Å². The van der Waals surface area contributed by atoms with Crippen LogP contribution < -0.4 is 0 Å². The van der Waals surface area contributed by atoms with E-state index in [4.69, 9.17) is 11.6 Å². The first kappa shape index (κ1) is 17.6. The van der Waals surface area contributed by atoms with Crippen LogP contribution in [0.5, 0.6) is 0 Å². The van der Waals surface area contributed by atoms with E-state index in [9.17, 15) is 0 Å². The summed E-state index contributed by atoms with van der Waals surface area (Å²) in [5.41, 5.74) is 6.65. The number of hydrogen-bond acceptors (Lipinski definition) is 3. The molecule has 0 bridgehead atoms. The van der Waals surface area contributed by atoms with Gasteiger partial charge in [0, 0.05) is 10.6 Å². The van der Waals surface area contributed by atoms with Gasteiger partial charge in [-0.05, 0) is 86.3 Å². The first-order valence-electron chi connectivity index (χ1n) is 9.33. The zero-order chi connectivity index (χ0) is 19.8. The van der Waals surface area contributed by atoms with E-state index < -0.39 is 0 Å². The van der Waals surface area contributed by atoms with Crippen molar-refractivity contribution in [1.82, 2.24) is 20.6 Å². The Balaban J connectivity index is 1.77. The molecule has 0 amide bonds. The fraction of sp³-hybridized carbons (Fsp3) is 0.0417. The number of aromatic nitrogens is 4. The van der Waals surface area contributed by atoms with Gasteiger partial charge in [0.2, 0.25) is 0 Å². The largest absolute Gasteiger partial charge is 0.239 e. The smallest absolute Gasteiger partial charge is 0.179 e. The third-order valence-corrected chi connectivity index (χ3v) is 5.43. The van der Waals surface area contributed by atoms with Crippen molar-refractivity contribution in [2.24, 2.45) is 0 Å². The van der Waals surface area contributed by atoms with Gasteiger partial charge in [-0.15, -0.1) is 5.10 Å². The standard InChI is InChI=1S/C24H17ClN4/c1-15-6-11-22(23-5-3-2-4-21(15)23)18-12-17(16-7-9-20(25)10-8-16)13-19(14-18)24-26-28-29-27-24/h2-14H,1H3,(H,26,27,28,29). The minimum atomic E-state index is 0.637. The van der Waals surface area contributed by atoms with Gasteiger partial charge in [-0.1, -0.05) is 60.1 Å². The highest BCUT2D eigenvalue weighted by Crippen LogP contribution is 2.36. The molecule has 0 fully saturated rings. The van der Waals surface area contributed by atoms with Crippen LogP contribution >= 0.6 is 11.6 Å². The number of H-pyrrole nitrogens is 1. The Morgan fingerprint density at radius 2 is 1.45 bits per heavy atom. The molecule has 1 heterocycles. The molecule has 5 aromatic rings. The summed E-state index contributed by atoms with van der Waals surface area (Å²) in [6.07, 6.45) is 0. The second-order valence-electron chi connectivity index (χ2n) is 7.03. The fourth-order valence-electron chi connectivity index (χ4n) is 3.71. The van der Waals surface area contributed by atoms with Crippen molar-refractivity contribution < 1.29 is 0 Å². The number of rotatable bonds is 3. The SMILES string of the molecule is Cc1ccc(-c2cc(-c3ccc(Cl)cc3)cc(-c3nnn[nH]3)c2)c2ccccc12. The molecule has 0 unspecified atom stereocenters. The molecular weight excluding hydrogens is 380 g/mol. The Kier molecular flexibility index (Phi) is 4.34. The molecular formula is C24H17ClN4. The minimum Gasteiger partial charge on any atom is -0.239 e. The fourth-order valence-corrected chi connectivity index (χ4v) is 3.84. The van der Waals surface area contributed by atoms with Crippen LogP contribution in [0.15, 0.2) is 78.9 Å². The molecule has 4 nitrogen and oxygen atoms in total. The predicted octanol–water partition coefficient (Wildman–Crippen LogP) is 6.32. The lowest BCUT2D eigenvalue weighted by atomic mass is 9.92. The summed E-state index contributed by atoms with van der Waals surface area (Å²) >= 11 is 6.09. The van der Waals surface area contributed by atoms with Crippen molar-refractivity contribution in [3.63, 3.8) is 0 Å². The number of tetrazole rings is 1.